The largest absolute Gasteiger partial charge is 0.478 e. The van der Waals surface area contributed by atoms with E-state index in [4.69, 9.17) is 0 Å². The summed E-state index contributed by atoms with van der Waals surface area (Å²) < 4.78 is 0. The SMILES string of the molecule is O=C(O)c1ccc2ccccc2c1P(c1ccccc1)c1ccccc1. The molecule has 4 rings (SSSR count). The van der Waals surface area contributed by atoms with Gasteiger partial charge < -0.3 is 5.11 Å². The number of carboxylic acid groups (broad SMARTS) is 1. The zero-order chi connectivity index (χ0) is 17.9. The lowest BCUT2D eigenvalue weighted by molar-refractivity contribution is 0.0698. The van der Waals surface area contributed by atoms with E-state index in [9.17, 15) is 9.90 Å². The van der Waals surface area contributed by atoms with Crippen molar-refractivity contribution in [3.8, 4) is 0 Å². The maximum absolute atomic E-state index is 12.0. The molecule has 0 amide bonds. The quantitative estimate of drug-likeness (QED) is 0.554. The highest BCUT2D eigenvalue weighted by molar-refractivity contribution is 7.80. The first-order valence-corrected chi connectivity index (χ1v) is 9.75. The fraction of sp³-hybridized carbons (Fsp3) is 0. The highest BCUT2D eigenvalue weighted by atomic mass is 31.1. The molecule has 2 nitrogen and oxygen atoms in total. The lowest BCUT2D eigenvalue weighted by Gasteiger charge is -2.23. The van der Waals surface area contributed by atoms with Crippen LogP contribution in [0.25, 0.3) is 10.8 Å². The first-order valence-electron chi connectivity index (χ1n) is 8.41. The van der Waals surface area contributed by atoms with Gasteiger partial charge >= 0.3 is 5.97 Å². The number of carbonyl (C=O) groups is 1. The van der Waals surface area contributed by atoms with Crippen molar-refractivity contribution in [2.45, 2.75) is 0 Å². The standard InChI is InChI=1S/C23H17O2P/c24-23(25)21-16-15-17-9-7-8-14-20(17)22(21)26(18-10-3-1-4-11-18)19-12-5-2-6-13-19/h1-16H,(H,24,25). The van der Waals surface area contributed by atoms with Crippen molar-refractivity contribution < 1.29 is 9.90 Å². The van der Waals surface area contributed by atoms with Gasteiger partial charge in [0.05, 0.1) is 5.56 Å². The molecule has 0 aromatic heterocycles. The first-order chi connectivity index (χ1) is 12.8. The molecule has 0 radical (unpaired) electrons. The van der Waals surface area contributed by atoms with E-state index in [1.54, 1.807) is 6.07 Å². The minimum Gasteiger partial charge on any atom is -0.478 e. The predicted molar refractivity (Wildman–Crippen MR) is 110 cm³/mol. The molecule has 1 N–H and O–H groups in total. The van der Waals surface area contributed by atoms with Gasteiger partial charge in [0.2, 0.25) is 0 Å². The summed E-state index contributed by atoms with van der Waals surface area (Å²) in [4.78, 5) is 12.0. The lowest BCUT2D eigenvalue weighted by Crippen LogP contribution is -2.25. The van der Waals surface area contributed by atoms with Crippen LogP contribution in [0.3, 0.4) is 0 Å². The summed E-state index contributed by atoms with van der Waals surface area (Å²) in [5, 5.41) is 15.1. The molecule has 0 aliphatic rings. The molecule has 0 spiro atoms. The number of hydrogen-bond donors (Lipinski definition) is 1. The van der Waals surface area contributed by atoms with Gasteiger partial charge in [0.25, 0.3) is 0 Å². The number of rotatable bonds is 4. The Labute approximate surface area is 153 Å². The number of hydrogen-bond acceptors (Lipinski definition) is 1. The molecule has 0 saturated heterocycles. The second-order valence-electron chi connectivity index (χ2n) is 5.99. The van der Waals surface area contributed by atoms with Gasteiger partial charge in [0.15, 0.2) is 0 Å². The minimum absolute atomic E-state index is 0.377. The smallest absolute Gasteiger partial charge is 0.336 e. The van der Waals surface area contributed by atoms with E-state index in [1.807, 2.05) is 66.7 Å². The normalized spacial score (nSPS) is 11.0. The molecule has 0 aliphatic carbocycles. The van der Waals surface area contributed by atoms with Gasteiger partial charge in [-0.05, 0) is 35.4 Å². The summed E-state index contributed by atoms with van der Waals surface area (Å²) in [5.41, 5.74) is 0.377. The van der Waals surface area contributed by atoms with E-state index in [0.29, 0.717) is 5.56 Å². The van der Waals surface area contributed by atoms with Crippen LogP contribution < -0.4 is 15.9 Å². The monoisotopic (exact) mass is 356 g/mol. The molecule has 4 aromatic rings. The van der Waals surface area contributed by atoms with Crippen LogP contribution in [0.4, 0.5) is 0 Å². The van der Waals surface area contributed by atoms with E-state index in [2.05, 4.69) is 24.3 Å². The van der Waals surface area contributed by atoms with Gasteiger partial charge in [-0.2, -0.15) is 0 Å². The topological polar surface area (TPSA) is 37.3 Å². The number of carboxylic acids is 1. The van der Waals surface area contributed by atoms with Crippen molar-refractivity contribution in [2.24, 2.45) is 0 Å². The van der Waals surface area contributed by atoms with Crippen LogP contribution in [-0.2, 0) is 0 Å². The molecule has 126 valence electrons. The van der Waals surface area contributed by atoms with Crippen LogP contribution in [0.2, 0.25) is 0 Å². The second-order valence-corrected chi connectivity index (χ2v) is 8.15. The molecule has 0 unspecified atom stereocenters. The van der Waals surface area contributed by atoms with Crippen LogP contribution in [0, 0.1) is 0 Å². The molecule has 4 aromatic carbocycles. The first kappa shape index (κ1) is 16.5. The fourth-order valence-corrected chi connectivity index (χ4v) is 5.84. The zero-order valence-corrected chi connectivity index (χ0v) is 14.9. The Morgan fingerprint density at radius 3 is 1.77 bits per heavy atom. The van der Waals surface area contributed by atoms with Gasteiger partial charge in [0.1, 0.15) is 0 Å². The number of aromatic carboxylic acids is 1. The Balaban J connectivity index is 2.09. The van der Waals surface area contributed by atoms with Gasteiger partial charge in [-0.3, -0.25) is 0 Å². The van der Waals surface area contributed by atoms with E-state index in [-0.39, 0.29) is 0 Å². The third-order valence-electron chi connectivity index (χ3n) is 4.38. The van der Waals surface area contributed by atoms with Crippen LogP contribution in [-0.4, -0.2) is 11.1 Å². The average Bonchev–Trinajstić information content (AvgIpc) is 2.70. The fourth-order valence-electron chi connectivity index (χ4n) is 3.23. The van der Waals surface area contributed by atoms with E-state index in [1.165, 1.54) is 0 Å². The molecule has 3 heteroatoms. The van der Waals surface area contributed by atoms with Crippen molar-refractivity contribution >= 4 is 40.6 Å². The summed E-state index contributed by atoms with van der Waals surface area (Å²) >= 11 is 0. The van der Waals surface area contributed by atoms with E-state index < -0.39 is 13.9 Å². The van der Waals surface area contributed by atoms with Crippen LogP contribution >= 0.6 is 7.92 Å². The third-order valence-corrected chi connectivity index (χ3v) is 6.94. The van der Waals surface area contributed by atoms with Gasteiger partial charge in [-0.15, -0.1) is 0 Å². The number of fused-ring (bicyclic) bond motifs is 1. The van der Waals surface area contributed by atoms with Crippen LogP contribution in [0.15, 0.2) is 97.1 Å². The molecule has 0 heterocycles. The summed E-state index contributed by atoms with van der Waals surface area (Å²) in [7, 11) is -0.980. The maximum atomic E-state index is 12.0. The molecule has 26 heavy (non-hydrogen) atoms. The third kappa shape index (κ3) is 3.00. The van der Waals surface area contributed by atoms with Gasteiger partial charge in [-0.1, -0.05) is 91.0 Å². The maximum Gasteiger partial charge on any atom is 0.336 e. The van der Waals surface area contributed by atoms with Crippen molar-refractivity contribution in [2.75, 3.05) is 0 Å². The average molecular weight is 356 g/mol. The van der Waals surface area contributed by atoms with Gasteiger partial charge in [0, 0.05) is 5.30 Å². The molecule has 0 bridgehead atoms. The molecule has 0 atom stereocenters. The summed E-state index contributed by atoms with van der Waals surface area (Å²) in [6.07, 6.45) is 0. The Bertz CT molecular complexity index is 1020. The van der Waals surface area contributed by atoms with Crippen molar-refractivity contribution in [1.29, 1.82) is 0 Å². The molecule has 0 saturated carbocycles. The Morgan fingerprint density at radius 2 is 1.19 bits per heavy atom. The Morgan fingerprint density at radius 1 is 0.654 bits per heavy atom. The Kier molecular flexibility index (Phi) is 4.51. The summed E-state index contributed by atoms with van der Waals surface area (Å²) in [6, 6.07) is 32.0. The molecule has 0 aliphatic heterocycles. The highest BCUT2D eigenvalue weighted by Crippen LogP contribution is 2.37. The zero-order valence-electron chi connectivity index (χ0n) is 14.0. The predicted octanol–water partition coefficient (Wildman–Crippen LogP) is 4.30. The van der Waals surface area contributed by atoms with E-state index >= 15 is 0 Å². The minimum atomic E-state index is -0.980. The van der Waals surface area contributed by atoms with Crippen LogP contribution in [0.5, 0.6) is 0 Å². The van der Waals surface area contributed by atoms with Crippen molar-refractivity contribution in [1.82, 2.24) is 0 Å². The molecule has 0 fully saturated rings. The van der Waals surface area contributed by atoms with E-state index in [0.717, 1.165) is 26.7 Å². The Hall–Kier alpha value is -2.96. The number of benzene rings is 4. The second kappa shape index (κ2) is 7.11. The molecular formula is C23H17O2P. The lowest BCUT2D eigenvalue weighted by atomic mass is 10.1. The van der Waals surface area contributed by atoms with Gasteiger partial charge in [-0.25, -0.2) is 4.79 Å². The highest BCUT2D eigenvalue weighted by Gasteiger charge is 2.24. The summed E-state index contributed by atoms with van der Waals surface area (Å²) in [6.45, 7) is 0. The summed E-state index contributed by atoms with van der Waals surface area (Å²) in [5.74, 6) is -0.884. The van der Waals surface area contributed by atoms with Crippen molar-refractivity contribution in [3.05, 3.63) is 103 Å². The van der Waals surface area contributed by atoms with Crippen LogP contribution in [0.1, 0.15) is 10.4 Å². The molecular weight excluding hydrogens is 339 g/mol. The van der Waals surface area contributed by atoms with Crippen molar-refractivity contribution in [3.63, 3.8) is 0 Å².